The van der Waals surface area contributed by atoms with Gasteiger partial charge in [-0.05, 0) is 49.4 Å². The highest BCUT2D eigenvalue weighted by molar-refractivity contribution is 14.0. The topological polar surface area (TPSA) is 52.2 Å². The molecular formula is C17H24FIN4. The molecule has 0 amide bonds. The first-order valence-corrected chi connectivity index (χ1v) is 7.97. The van der Waals surface area contributed by atoms with Crippen LogP contribution in [0.25, 0.3) is 10.9 Å². The van der Waals surface area contributed by atoms with Gasteiger partial charge in [0.15, 0.2) is 5.96 Å². The fourth-order valence-corrected chi connectivity index (χ4v) is 2.66. The second-order valence-electron chi connectivity index (χ2n) is 5.98. The predicted octanol–water partition coefficient (Wildman–Crippen LogP) is 3.43. The molecule has 1 aromatic heterocycles. The highest BCUT2D eigenvalue weighted by Gasteiger charge is 2.33. The van der Waals surface area contributed by atoms with Crippen molar-refractivity contribution in [3.8, 4) is 0 Å². The molecule has 3 N–H and O–H groups in total. The highest BCUT2D eigenvalue weighted by atomic mass is 127. The average molecular weight is 430 g/mol. The van der Waals surface area contributed by atoms with Crippen molar-refractivity contribution in [3.63, 3.8) is 0 Å². The van der Waals surface area contributed by atoms with Crippen LogP contribution in [0.1, 0.15) is 25.8 Å². The summed E-state index contributed by atoms with van der Waals surface area (Å²) in [6, 6.07) is 5.39. The Morgan fingerprint density at radius 1 is 1.43 bits per heavy atom. The number of hydrogen-bond donors (Lipinski definition) is 3. The normalized spacial score (nSPS) is 20.2. The minimum absolute atomic E-state index is 0. The fourth-order valence-electron chi connectivity index (χ4n) is 2.66. The van der Waals surface area contributed by atoms with Gasteiger partial charge in [0.1, 0.15) is 5.82 Å². The van der Waals surface area contributed by atoms with Crippen LogP contribution in [0.4, 0.5) is 4.39 Å². The lowest BCUT2D eigenvalue weighted by atomic mass is 10.1. The quantitative estimate of drug-likeness (QED) is 0.387. The number of guanidine groups is 1. The van der Waals surface area contributed by atoms with Crippen molar-refractivity contribution in [2.24, 2.45) is 10.9 Å². The fraction of sp³-hybridized carbons (Fsp3) is 0.471. The molecule has 2 atom stereocenters. The second-order valence-corrected chi connectivity index (χ2v) is 5.98. The summed E-state index contributed by atoms with van der Waals surface area (Å²) in [4.78, 5) is 7.80. The van der Waals surface area contributed by atoms with Crippen LogP contribution < -0.4 is 10.6 Å². The van der Waals surface area contributed by atoms with E-state index < -0.39 is 0 Å². The van der Waals surface area contributed by atoms with Crippen molar-refractivity contribution in [3.05, 3.63) is 35.8 Å². The number of fused-ring (bicyclic) bond motifs is 1. The van der Waals surface area contributed by atoms with E-state index in [-0.39, 0.29) is 29.8 Å². The van der Waals surface area contributed by atoms with Crippen LogP contribution in [0, 0.1) is 11.7 Å². The lowest BCUT2D eigenvalue weighted by Gasteiger charge is -2.10. The minimum atomic E-state index is -0.199. The largest absolute Gasteiger partial charge is 0.361 e. The zero-order chi connectivity index (χ0) is 15.5. The summed E-state index contributed by atoms with van der Waals surface area (Å²) in [6.07, 6.45) is 3.95. The maximum absolute atomic E-state index is 13.4. The number of H-pyrrole nitrogens is 1. The summed E-state index contributed by atoms with van der Waals surface area (Å²) in [5.74, 6) is 1.41. The molecule has 4 nitrogen and oxygen atoms in total. The van der Waals surface area contributed by atoms with Crippen molar-refractivity contribution in [1.29, 1.82) is 0 Å². The number of nitrogens with one attached hydrogen (secondary N) is 3. The smallest absolute Gasteiger partial charge is 0.191 e. The summed E-state index contributed by atoms with van der Waals surface area (Å²) in [7, 11) is 0. The van der Waals surface area contributed by atoms with Crippen molar-refractivity contribution in [2.75, 3.05) is 13.1 Å². The Morgan fingerprint density at radius 3 is 2.91 bits per heavy atom. The molecule has 2 aromatic rings. The zero-order valence-electron chi connectivity index (χ0n) is 13.5. The van der Waals surface area contributed by atoms with Gasteiger partial charge in [0.05, 0.1) is 0 Å². The molecular weight excluding hydrogens is 406 g/mol. The molecule has 1 heterocycles. The van der Waals surface area contributed by atoms with Gasteiger partial charge in [-0.25, -0.2) is 4.39 Å². The number of hydrogen-bond acceptors (Lipinski definition) is 1. The molecule has 0 aliphatic heterocycles. The molecule has 1 fully saturated rings. The van der Waals surface area contributed by atoms with E-state index in [1.807, 2.05) is 6.20 Å². The van der Waals surface area contributed by atoms with Gasteiger partial charge in [-0.1, -0.05) is 6.92 Å². The van der Waals surface area contributed by atoms with E-state index in [1.54, 1.807) is 12.1 Å². The minimum Gasteiger partial charge on any atom is -0.361 e. The SMILES string of the molecule is CCNC(=NCCc1c[nH]c2ccc(F)cc12)NC1CC1C.I. The van der Waals surface area contributed by atoms with Crippen molar-refractivity contribution >= 4 is 40.8 Å². The van der Waals surface area contributed by atoms with Gasteiger partial charge in [-0.15, -0.1) is 24.0 Å². The van der Waals surface area contributed by atoms with Crippen LogP contribution in [0.5, 0.6) is 0 Å². The number of halogens is 2. The van der Waals surface area contributed by atoms with Gasteiger partial charge >= 0.3 is 0 Å². The Labute approximate surface area is 153 Å². The number of aliphatic imine (C=N–C) groups is 1. The van der Waals surface area contributed by atoms with Crippen molar-refractivity contribution in [1.82, 2.24) is 15.6 Å². The van der Waals surface area contributed by atoms with Crippen molar-refractivity contribution in [2.45, 2.75) is 32.7 Å². The van der Waals surface area contributed by atoms with Crippen LogP contribution in [-0.4, -0.2) is 30.1 Å². The molecule has 3 rings (SSSR count). The Balaban J connectivity index is 0.00000192. The molecule has 1 aliphatic carbocycles. The molecule has 1 aromatic carbocycles. The number of aromatic nitrogens is 1. The lowest BCUT2D eigenvalue weighted by molar-refractivity contribution is 0.629. The molecule has 1 saturated carbocycles. The summed E-state index contributed by atoms with van der Waals surface area (Å²) in [5, 5.41) is 7.66. The maximum atomic E-state index is 13.4. The molecule has 1 aliphatic rings. The molecule has 23 heavy (non-hydrogen) atoms. The Bertz CT molecular complexity index is 682. The monoisotopic (exact) mass is 430 g/mol. The average Bonchev–Trinajstić information content (AvgIpc) is 3.04. The van der Waals surface area contributed by atoms with E-state index in [0.717, 1.165) is 41.3 Å². The predicted molar refractivity (Wildman–Crippen MR) is 104 cm³/mol. The molecule has 0 spiro atoms. The number of nitrogens with zero attached hydrogens (tertiary/aromatic N) is 1. The molecule has 0 saturated heterocycles. The van der Waals surface area contributed by atoms with Crippen molar-refractivity contribution < 1.29 is 4.39 Å². The first-order valence-electron chi connectivity index (χ1n) is 7.97. The maximum Gasteiger partial charge on any atom is 0.191 e. The standard InChI is InChI=1S/C17H23FN4.HI/c1-3-19-17(22-16-8-11(16)2)20-7-6-12-10-21-15-5-4-13(18)9-14(12)15;/h4-5,9-11,16,21H,3,6-8H2,1-2H3,(H2,19,20,22);1H. The van der Waals surface area contributed by atoms with E-state index >= 15 is 0 Å². The van der Waals surface area contributed by atoms with Gasteiger partial charge in [0, 0.05) is 36.2 Å². The molecule has 2 unspecified atom stereocenters. The van der Waals surface area contributed by atoms with Gasteiger partial charge in [-0.2, -0.15) is 0 Å². The Kier molecular flexibility index (Phi) is 6.26. The summed E-state index contributed by atoms with van der Waals surface area (Å²) in [6.45, 7) is 5.84. The Hall–Kier alpha value is -1.31. The van der Waals surface area contributed by atoms with Gasteiger partial charge in [-0.3, -0.25) is 4.99 Å². The van der Waals surface area contributed by atoms with E-state index in [0.29, 0.717) is 12.6 Å². The molecule has 0 radical (unpaired) electrons. The third kappa shape index (κ3) is 4.59. The van der Waals surface area contributed by atoms with Gasteiger partial charge < -0.3 is 15.6 Å². The summed E-state index contributed by atoms with van der Waals surface area (Å²) in [5.41, 5.74) is 2.08. The first-order chi connectivity index (χ1) is 10.7. The summed E-state index contributed by atoms with van der Waals surface area (Å²) < 4.78 is 13.4. The van der Waals surface area contributed by atoms with E-state index in [9.17, 15) is 4.39 Å². The van der Waals surface area contributed by atoms with Crippen LogP contribution in [0.3, 0.4) is 0 Å². The second kappa shape index (κ2) is 7.99. The van der Waals surface area contributed by atoms with Gasteiger partial charge in [0.2, 0.25) is 0 Å². The molecule has 6 heteroatoms. The Morgan fingerprint density at radius 2 is 2.22 bits per heavy atom. The first kappa shape index (κ1) is 18.0. The number of aromatic amines is 1. The summed E-state index contributed by atoms with van der Waals surface area (Å²) >= 11 is 0. The number of rotatable bonds is 5. The highest BCUT2D eigenvalue weighted by Crippen LogP contribution is 2.28. The lowest BCUT2D eigenvalue weighted by Crippen LogP contribution is -2.39. The molecule has 126 valence electrons. The third-order valence-electron chi connectivity index (χ3n) is 4.16. The molecule has 0 bridgehead atoms. The zero-order valence-corrected chi connectivity index (χ0v) is 15.9. The van der Waals surface area contributed by atoms with Crippen LogP contribution in [0.15, 0.2) is 29.4 Å². The van der Waals surface area contributed by atoms with E-state index in [1.165, 1.54) is 12.5 Å². The third-order valence-corrected chi connectivity index (χ3v) is 4.16. The van der Waals surface area contributed by atoms with Crippen LogP contribution in [-0.2, 0) is 6.42 Å². The van der Waals surface area contributed by atoms with E-state index in [2.05, 4.69) is 34.5 Å². The number of benzene rings is 1. The van der Waals surface area contributed by atoms with Crippen LogP contribution in [0.2, 0.25) is 0 Å². The van der Waals surface area contributed by atoms with Gasteiger partial charge in [0.25, 0.3) is 0 Å². The van der Waals surface area contributed by atoms with E-state index in [4.69, 9.17) is 0 Å². The van der Waals surface area contributed by atoms with Crippen LogP contribution >= 0.6 is 24.0 Å².